The second-order valence-corrected chi connectivity index (χ2v) is 10.4. The van der Waals surface area contributed by atoms with Gasteiger partial charge in [-0.05, 0) is 30.5 Å². The fourth-order valence-corrected chi connectivity index (χ4v) is 4.72. The molecule has 1 aliphatic rings. The van der Waals surface area contributed by atoms with Crippen molar-refractivity contribution >= 4 is 58.7 Å². The number of nitrogens with one attached hydrogen (secondary N) is 1. The summed E-state index contributed by atoms with van der Waals surface area (Å²) in [6.07, 6.45) is -7.21. The van der Waals surface area contributed by atoms with Crippen LogP contribution in [0.2, 0.25) is 0 Å². The molecule has 0 unspecified atom stereocenters. The van der Waals surface area contributed by atoms with Crippen LogP contribution < -0.4 is 10.2 Å². The van der Waals surface area contributed by atoms with Crippen LogP contribution in [0, 0.1) is 0 Å². The topological polar surface area (TPSA) is 147 Å². The molecule has 0 aromatic heterocycles. The summed E-state index contributed by atoms with van der Waals surface area (Å²) in [6, 6.07) is 7.81. The van der Waals surface area contributed by atoms with Crippen LogP contribution in [0.5, 0.6) is 0 Å². The highest BCUT2D eigenvalue weighted by Gasteiger charge is 2.51. The Balaban J connectivity index is 1.89. The van der Waals surface area contributed by atoms with Crippen molar-refractivity contribution in [2.24, 2.45) is 0 Å². The van der Waals surface area contributed by atoms with E-state index >= 15 is 4.39 Å². The molecule has 0 bridgehead atoms. The minimum absolute atomic E-state index is 0.0361. The number of nitrogens with zero attached hydrogens (tertiary/aromatic N) is 1. The number of ether oxygens (including phenoxy) is 5. The van der Waals surface area contributed by atoms with Gasteiger partial charge in [-0.15, -0.1) is 23.2 Å². The molecule has 1 fully saturated rings. The van der Waals surface area contributed by atoms with Crippen molar-refractivity contribution in [3.8, 4) is 0 Å². The Kier molecular flexibility index (Phi) is 15.5. The molecule has 0 saturated carbocycles. The zero-order valence-corrected chi connectivity index (χ0v) is 25.7. The van der Waals surface area contributed by atoms with E-state index in [1.165, 1.54) is 0 Å². The highest BCUT2D eigenvalue weighted by atomic mass is 35.5. The number of hydrogen-bond acceptors (Lipinski definition) is 11. The molecule has 5 atom stereocenters. The Bertz CT molecular complexity index is 1090. The maximum absolute atomic E-state index is 15.3. The van der Waals surface area contributed by atoms with Gasteiger partial charge in [0.2, 0.25) is 0 Å². The van der Waals surface area contributed by atoms with Crippen LogP contribution in [-0.2, 0) is 54.1 Å². The summed E-state index contributed by atoms with van der Waals surface area (Å²) in [5, 5.41) is 2.23. The fourth-order valence-electron chi connectivity index (χ4n) is 4.31. The van der Waals surface area contributed by atoms with E-state index in [1.807, 2.05) is 24.3 Å². The van der Waals surface area contributed by atoms with Crippen LogP contribution >= 0.6 is 23.2 Å². The maximum Gasteiger partial charge on any atom is 0.306 e. The number of rotatable bonds is 16. The summed E-state index contributed by atoms with van der Waals surface area (Å²) in [5.41, 5.74) is 2.00. The van der Waals surface area contributed by atoms with E-state index < -0.39 is 73.7 Å². The average Bonchev–Trinajstić information content (AvgIpc) is 2.94. The van der Waals surface area contributed by atoms with Gasteiger partial charge >= 0.3 is 23.9 Å². The van der Waals surface area contributed by atoms with Crippen LogP contribution in [0.15, 0.2) is 24.3 Å². The standard InChI is InChI=1S/C28H37Cl2FN2O10/c1-17(34)39-15-22-26(41-18(2)35)27(42-19(3)36)25(31)28(43-22)32-23(37)16-40-24(38)6-4-5-20-7-9-21(10-8-20)33(13-11-29)14-12-30/h7-10,22,25-28H,4-6,11-16H2,1-3H3,(H,32,37)/t22-,25-,26-,27-,28-/m1/s1. The van der Waals surface area contributed by atoms with Gasteiger partial charge in [-0.3, -0.25) is 24.0 Å². The van der Waals surface area contributed by atoms with Crippen LogP contribution in [-0.4, -0.2) is 98.6 Å². The summed E-state index contributed by atoms with van der Waals surface area (Å²) in [5.74, 6) is -2.98. The van der Waals surface area contributed by atoms with Crippen molar-refractivity contribution in [3.05, 3.63) is 29.8 Å². The van der Waals surface area contributed by atoms with Crippen LogP contribution in [0.3, 0.4) is 0 Å². The zero-order valence-electron chi connectivity index (χ0n) is 24.2. The van der Waals surface area contributed by atoms with Crippen LogP contribution in [0.1, 0.15) is 39.2 Å². The highest BCUT2D eigenvalue weighted by Crippen LogP contribution is 2.28. The first kappa shape index (κ1) is 36.0. The van der Waals surface area contributed by atoms with E-state index in [2.05, 4.69) is 10.2 Å². The number of carbonyl (C=O) groups is 5. The van der Waals surface area contributed by atoms with Gasteiger partial charge in [-0.25, -0.2) is 4.39 Å². The molecule has 2 rings (SSSR count). The van der Waals surface area contributed by atoms with Gasteiger partial charge in [0.05, 0.1) is 0 Å². The Morgan fingerprint density at radius 2 is 1.51 bits per heavy atom. The van der Waals surface area contributed by atoms with Crippen molar-refractivity contribution < 1.29 is 52.0 Å². The van der Waals surface area contributed by atoms with E-state index in [0.29, 0.717) is 37.7 Å². The summed E-state index contributed by atoms with van der Waals surface area (Å²) in [6.45, 7) is 3.33. The van der Waals surface area contributed by atoms with Gasteiger partial charge in [0.1, 0.15) is 12.7 Å². The van der Waals surface area contributed by atoms with Crippen molar-refractivity contribution in [2.45, 2.75) is 70.7 Å². The van der Waals surface area contributed by atoms with Gasteiger partial charge < -0.3 is 33.9 Å². The molecular formula is C28H37Cl2FN2O10. The Hall–Kier alpha value is -3.16. The quantitative estimate of drug-likeness (QED) is 0.160. The monoisotopic (exact) mass is 650 g/mol. The smallest absolute Gasteiger partial charge is 0.306 e. The first-order valence-corrected chi connectivity index (χ1v) is 14.7. The lowest BCUT2D eigenvalue weighted by molar-refractivity contribution is -0.240. The number of hydrogen-bond donors (Lipinski definition) is 1. The predicted octanol–water partition coefficient (Wildman–Crippen LogP) is 2.44. The molecule has 12 nitrogen and oxygen atoms in total. The number of esters is 4. The molecule has 1 heterocycles. The number of benzene rings is 1. The lowest BCUT2D eigenvalue weighted by Gasteiger charge is -2.42. The van der Waals surface area contributed by atoms with Crippen molar-refractivity contribution in [1.82, 2.24) is 5.32 Å². The zero-order chi connectivity index (χ0) is 31.9. The average molecular weight is 652 g/mol. The maximum atomic E-state index is 15.3. The lowest BCUT2D eigenvalue weighted by Crippen LogP contribution is -2.64. The molecule has 1 aromatic rings. The summed E-state index contributed by atoms with van der Waals surface area (Å²) >= 11 is 11.7. The third-order valence-corrected chi connectivity index (χ3v) is 6.53. The van der Waals surface area contributed by atoms with Gasteiger partial charge in [0.15, 0.2) is 31.2 Å². The van der Waals surface area contributed by atoms with Crippen LogP contribution in [0.4, 0.5) is 10.1 Å². The predicted molar refractivity (Wildman–Crippen MR) is 153 cm³/mol. The molecular weight excluding hydrogens is 614 g/mol. The summed E-state index contributed by atoms with van der Waals surface area (Å²) < 4.78 is 40.9. The van der Waals surface area contributed by atoms with Gasteiger partial charge in [-0.1, -0.05) is 12.1 Å². The number of alkyl halides is 3. The largest absolute Gasteiger partial charge is 0.463 e. The van der Waals surface area contributed by atoms with Gasteiger partial charge in [0, 0.05) is 57.7 Å². The first-order chi connectivity index (χ1) is 20.4. The second-order valence-electron chi connectivity index (χ2n) is 9.60. The first-order valence-electron chi connectivity index (χ1n) is 13.6. The molecule has 0 radical (unpaired) electrons. The van der Waals surface area contributed by atoms with E-state index in [4.69, 9.17) is 46.9 Å². The van der Waals surface area contributed by atoms with Crippen molar-refractivity contribution in [3.63, 3.8) is 0 Å². The molecule has 0 spiro atoms. The van der Waals surface area contributed by atoms with E-state index in [1.54, 1.807) is 0 Å². The van der Waals surface area contributed by atoms with Crippen LogP contribution in [0.25, 0.3) is 0 Å². The van der Waals surface area contributed by atoms with Crippen molar-refractivity contribution in [2.75, 3.05) is 43.0 Å². The molecule has 43 heavy (non-hydrogen) atoms. The molecule has 1 amide bonds. The minimum atomic E-state index is -2.18. The number of halogens is 3. The third kappa shape index (κ3) is 12.5. The lowest BCUT2D eigenvalue weighted by atomic mass is 9.98. The van der Waals surface area contributed by atoms with E-state index in [-0.39, 0.29) is 6.42 Å². The number of anilines is 1. The van der Waals surface area contributed by atoms with Gasteiger partial charge in [-0.2, -0.15) is 0 Å². The number of amides is 1. The molecule has 1 saturated heterocycles. The Labute approximate surface area is 259 Å². The van der Waals surface area contributed by atoms with E-state index in [0.717, 1.165) is 32.0 Å². The minimum Gasteiger partial charge on any atom is -0.463 e. The molecule has 240 valence electrons. The highest BCUT2D eigenvalue weighted by molar-refractivity contribution is 6.18. The summed E-state index contributed by atoms with van der Waals surface area (Å²) in [4.78, 5) is 61.3. The molecule has 1 aliphatic heterocycles. The SMILES string of the molecule is CC(=O)OC[C@H]1O[C@@H](NC(=O)COC(=O)CCCc2ccc(N(CCCl)CCCl)cc2)[C@H](F)[C@@H](OC(C)=O)[C@@H]1OC(C)=O. The number of carbonyl (C=O) groups excluding carboxylic acids is 5. The fraction of sp³-hybridized carbons (Fsp3) is 0.607. The molecule has 0 aliphatic carbocycles. The Morgan fingerprint density at radius 1 is 0.907 bits per heavy atom. The molecule has 1 N–H and O–H groups in total. The molecule has 1 aromatic carbocycles. The number of aryl methyl sites for hydroxylation is 1. The summed E-state index contributed by atoms with van der Waals surface area (Å²) in [7, 11) is 0. The molecule has 15 heteroatoms. The second kappa shape index (κ2) is 18.5. The Morgan fingerprint density at radius 3 is 2.07 bits per heavy atom. The van der Waals surface area contributed by atoms with E-state index in [9.17, 15) is 24.0 Å². The normalized spacial score (nSPS) is 21.3. The van der Waals surface area contributed by atoms with Gasteiger partial charge in [0.25, 0.3) is 5.91 Å². The third-order valence-electron chi connectivity index (χ3n) is 6.19. The van der Waals surface area contributed by atoms with Crippen molar-refractivity contribution in [1.29, 1.82) is 0 Å².